The number of nitrogens with zero attached hydrogens (tertiary/aromatic N) is 3. The third-order valence-electron chi connectivity index (χ3n) is 1.64. The van der Waals surface area contributed by atoms with Crippen molar-refractivity contribution >= 4 is 29.0 Å². The molecule has 0 aliphatic carbocycles. The summed E-state index contributed by atoms with van der Waals surface area (Å²) < 4.78 is 0. The third-order valence-corrected chi connectivity index (χ3v) is 1.86. The number of hydrogen-bond donors (Lipinski definition) is 0. The van der Waals surface area contributed by atoms with Crippen molar-refractivity contribution in [3.63, 3.8) is 0 Å². The Labute approximate surface area is 104 Å². The van der Waals surface area contributed by atoms with Gasteiger partial charge >= 0.3 is 0 Å². The van der Waals surface area contributed by atoms with E-state index in [-0.39, 0.29) is 16.2 Å². The molecule has 0 aliphatic rings. The number of hydrogen-bond acceptors (Lipinski definition) is 4. The fraction of sp³-hybridized carbons (Fsp3) is 0.364. The molecule has 0 unspecified atom stereocenters. The summed E-state index contributed by atoms with van der Waals surface area (Å²) in [6.07, 6.45) is 0. The highest BCUT2D eigenvalue weighted by molar-refractivity contribution is 6.31. The Morgan fingerprint density at radius 1 is 1.35 bits per heavy atom. The molecule has 1 rings (SSSR count). The van der Waals surface area contributed by atoms with Gasteiger partial charge in [0.15, 0.2) is 0 Å². The molecule has 0 heterocycles. The molecule has 0 N–H and O–H groups in total. The normalized spacial score (nSPS) is 10.6. The van der Waals surface area contributed by atoms with E-state index in [9.17, 15) is 10.1 Å². The number of nitro groups is 1. The van der Waals surface area contributed by atoms with Gasteiger partial charge in [-0.1, -0.05) is 11.6 Å². The lowest BCUT2D eigenvalue weighted by Crippen LogP contribution is -2.07. The van der Waals surface area contributed by atoms with E-state index < -0.39 is 4.92 Å². The lowest BCUT2D eigenvalue weighted by Gasteiger charge is -2.06. The minimum Gasteiger partial charge on any atom is -0.258 e. The van der Waals surface area contributed by atoms with Crippen LogP contribution in [0.4, 0.5) is 11.4 Å². The monoisotopic (exact) mass is 253 g/mol. The van der Waals surface area contributed by atoms with Gasteiger partial charge < -0.3 is 0 Å². The molecule has 0 saturated carbocycles. The maximum absolute atomic E-state index is 10.6. The first-order chi connectivity index (χ1) is 7.78. The van der Waals surface area contributed by atoms with Crippen molar-refractivity contribution in [1.82, 2.24) is 0 Å². The number of benzene rings is 1. The molecule has 5 nitrogen and oxygen atoms in total. The summed E-state index contributed by atoms with van der Waals surface area (Å²) in [5.74, 6) is 0. The third kappa shape index (κ3) is 4.76. The van der Waals surface area contributed by atoms with Crippen LogP contribution in [0.1, 0.15) is 20.8 Å². The van der Waals surface area contributed by atoms with Gasteiger partial charge in [-0.25, -0.2) is 4.99 Å². The van der Waals surface area contributed by atoms with Crippen LogP contribution in [0.25, 0.3) is 0 Å². The van der Waals surface area contributed by atoms with E-state index in [1.54, 1.807) is 0 Å². The Balaban J connectivity index is 3.08. The van der Waals surface area contributed by atoms with Crippen LogP contribution in [0.3, 0.4) is 0 Å². The zero-order chi connectivity index (χ0) is 13.1. The molecule has 0 radical (unpaired) electrons. The van der Waals surface area contributed by atoms with Crippen LogP contribution in [0.5, 0.6) is 0 Å². The van der Waals surface area contributed by atoms with Crippen molar-refractivity contribution in [2.24, 2.45) is 9.98 Å². The van der Waals surface area contributed by atoms with Crippen molar-refractivity contribution in [1.29, 1.82) is 0 Å². The van der Waals surface area contributed by atoms with Crippen molar-refractivity contribution in [3.8, 4) is 0 Å². The van der Waals surface area contributed by atoms with Gasteiger partial charge in [-0.3, -0.25) is 10.1 Å². The van der Waals surface area contributed by atoms with E-state index in [0.717, 1.165) is 0 Å². The van der Waals surface area contributed by atoms with Crippen LogP contribution in [0.15, 0.2) is 28.2 Å². The molecule has 0 aromatic heterocycles. The van der Waals surface area contributed by atoms with Crippen LogP contribution in [0.2, 0.25) is 5.02 Å². The van der Waals surface area contributed by atoms with Gasteiger partial charge in [-0.15, -0.1) is 0 Å². The van der Waals surface area contributed by atoms with Gasteiger partial charge in [0.1, 0.15) is 0 Å². The Kier molecular flexibility index (Phi) is 3.99. The molecule has 90 valence electrons. The lowest BCUT2D eigenvalue weighted by atomic mass is 10.1. The summed E-state index contributed by atoms with van der Waals surface area (Å²) in [6.45, 7) is 5.70. The first-order valence-electron chi connectivity index (χ1n) is 4.90. The van der Waals surface area contributed by atoms with E-state index in [2.05, 4.69) is 16.0 Å². The summed E-state index contributed by atoms with van der Waals surface area (Å²) in [6, 6.07) is 6.60. The first kappa shape index (κ1) is 13.4. The molecular weight excluding hydrogens is 242 g/mol. The highest BCUT2D eigenvalue weighted by Gasteiger charge is 2.08. The molecule has 0 amide bonds. The molecule has 0 atom stereocenters. The molecule has 0 fully saturated rings. The number of halogens is 1. The summed E-state index contributed by atoms with van der Waals surface area (Å²) in [5.41, 5.74) is -0.0282. The largest absolute Gasteiger partial charge is 0.273 e. The number of non-ortho nitro benzene ring substituents is 1. The molecule has 0 spiro atoms. The van der Waals surface area contributed by atoms with Crippen LogP contribution in [-0.2, 0) is 0 Å². The Bertz CT molecular complexity index is 500. The Morgan fingerprint density at radius 3 is 2.53 bits per heavy atom. The van der Waals surface area contributed by atoms with Crippen LogP contribution < -0.4 is 0 Å². The highest BCUT2D eigenvalue weighted by Crippen LogP contribution is 2.25. The molecule has 0 bridgehead atoms. The van der Waals surface area contributed by atoms with Crippen LogP contribution in [-0.4, -0.2) is 16.5 Å². The van der Waals surface area contributed by atoms with Crippen molar-refractivity contribution < 1.29 is 4.92 Å². The van der Waals surface area contributed by atoms with Crippen molar-refractivity contribution in [2.45, 2.75) is 26.3 Å². The van der Waals surface area contributed by atoms with Gasteiger partial charge in [-0.05, 0) is 26.8 Å². The topological polar surface area (TPSA) is 67.9 Å². The predicted molar refractivity (Wildman–Crippen MR) is 67.4 cm³/mol. The van der Waals surface area contributed by atoms with Crippen molar-refractivity contribution in [2.75, 3.05) is 0 Å². The highest BCUT2D eigenvalue weighted by atomic mass is 35.5. The maximum Gasteiger partial charge on any atom is 0.273 e. The average molecular weight is 254 g/mol. The van der Waals surface area contributed by atoms with E-state index in [0.29, 0.717) is 5.69 Å². The minimum atomic E-state index is -0.522. The standard InChI is InChI=1S/C11H12ClN3O2/c1-11(2,3)14-7-13-9-4-8(12)5-10(6-9)15(16)17/h4-6H,1-3H3. The fourth-order valence-electron chi connectivity index (χ4n) is 0.962. The van der Waals surface area contributed by atoms with Crippen LogP contribution >= 0.6 is 11.6 Å². The molecular formula is C11H12ClN3O2. The molecule has 0 saturated heterocycles. The molecule has 6 heteroatoms. The van der Waals surface area contributed by atoms with E-state index in [1.807, 2.05) is 20.8 Å². The zero-order valence-corrected chi connectivity index (χ0v) is 10.5. The molecule has 1 aromatic carbocycles. The van der Waals surface area contributed by atoms with E-state index >= 15 is 0 Å². The second-order valence-corrected chi connectivity index (χ2v) is 4.86. The van der Waals surface area contributed by atoms with E-state index in [1.165, 1.54) is 18.2 Å². The van der Waals surface area contributed by atoms with Gasteiger partial charge in [-0.2, -0.15) is 4.99 Å². The molecule has 17 heavy (non-hydrogen) atoms. The summed E-state index contributed by atoms with van der Waals surface area (Å²) >= 11 is 5.74. The quantitative estimate of drug-likeness (QED) is 0.456. The number of rotatable bonds is 2. The van der Waals surface area contributed by atoms with Crippen LogP contribution in [0, 0.1) is 10.1 Å². The van der Waals surface area contributed by atoms with Gasteiger partial charge in [0.2, 0.25) is 0 Å². The summed E-state index contributed by atoms with van der Waals surface area (Å²) in [4.78, 5) is 18.0. The van der Waals surface area contributed by atoms with Gasteiger partial charge in [0.05, 0.1) is 22.2 Å². The zero-order valence-electron chi connectivity index (χ0n) is 9.77. The number of aliphatic imine (C=N–C) groups is 2. The molecule has 0 aliphatic heterocycles. The molecule has 1 aromatic rings. The minimum absolute atomic E-state index is 0.103. The Morgan fingerprint density at radius 2 is 2.00 bits per heavy atom. The summed E-state index contributed by atoms with van der Waals surface area (Å²) in [5, 5.41) is 10.9. The van der Waals surface area contributed by atoms with E-state index in [4.69, 9.17) is 11.6 Å². The van der Waals surface area contributed by atoms with Crippen molar-refractivity contribution in [3.05, 3.63) is 33.3 Å². The second kappa shape index (κ2) is 5.08. The smallest absolute Gasteiger partial charge is 0.258 e. The first-order valence-corrected chi connectivity index (χ1v) is 5.28. The lowest BCUT2D eigenvalue weighted by molar-refractivity contribution is -0.384. The SMILES string of the molecule is CC(C)(C)N=C=Nc1cc(Cl)cc([N+](=O)[O-])c1. The van der Waals surface area contributed by atoms with Gasteiger partial charge in [0, 0.05) is 17.2 Å². The fourth-order valence-corrected chi connectivity index (χ4v) is 1.19. The predicted octanol–water partition coefficient (Wildman–Crippen LogP) is 3.85. The maximum atomic E-state index is 10.6. The average Bonchev–Trinajstić information content (AvgIpc) is 2.14. The number of nitro benzene ring substituents is 1. The Hall–Kier alpha value is -1.71. The summed E-state index contributed by atoms with van der Waals surface area (Å²) in [7, 11) is 0. The van der Waals surface area contributed by atoms with Gasteiger partial charge in [0.25, 0.3) is 5.69 Å². The second-order valence-electron chi connectivity index (χ2n) is 4.42.